The highest BCUT2D eigenvalue weighted by molar-refractivity contribution is 5.86. The highest BCUT2D eigenvalue weighted by atomic mass is 16.6. The van der Waals surface area contributed by atoms with Crippen molar-refractivity contribution < 1.29 is 33.8 Å². The maximum atomic E-state index is 12.2. The van der Waals surface area contributed by atoms with Crippen molar-refractivity contribution >= 4 is 18.0 Å². The molecule has 0 fully saturated rings. The number of rotatable bonds is 9. The quantitative estimate of drug-likeness (QED) is 0.277. The van der Waals surface area contributed by atoms with Crippen LogP contribution in [0.25, 0.3) is 11.1 Å². The summed E-state index contributed by atoms with van der Waals surface area (Å²) in [6, 6.07) is 14.4. The van der Waals surface area contributed by atoms with Crippen LogP contribution >= 0.6 is 0 Å². The molecule has 1 amide bonds. The van der Waals surface area contributed by atoms with Crippen LogP contribution in [0.3, 0.4) is 0 Å². The summed E-state index contributed by atoms with van der Waals surface area (Å²) in [5, 5.41) is 11.3. The van der Waals surface area contributed by atoms with Crippen LogP contribution in [0.4, 0.5) is 4.79 Å². The van der Waals surface area contributed by atoms with Crippen LogP contribution in [0.1, 0.15) is 37.3 Å². The molecular weight excluding hydrogens is 452 g/mol. The number of fused-ring (bicyclic) bond motifs is 3. The van der Waals surface area contributed by atoms with Gasteiger partial charge in [-0.05, 0) is 22.3 Å². The number of hydrogen-bond acceptors (Lipinski definition) is 7. The van der Waals surface area contributed by atoms with E-state index in [0.717, 1.165) is 22.3 Å². The first-order chi connectivity index (χ1) is 16.9. The second-order valence-electron chi connectivity index (χ2n) is 6.95. The Morgan fingerprint density at radius 2 is 1.54 bits per heavy atom. The molecule has 2 aromatic rings. The highest BCUT2D eigenvalue weighted by Gasteiger charge is 2.30. The molecular formula is C26H34N2O7. The molecule has 0 bridgehead atoms. The maximum Gasteiger partial charge on any atom is 0.407 e. The lowest BCUT2D eigenvalue weighted by atomic mass is 9.98. The van der Waals surface area contributed by atoms with E-state index in [2.05, 4.69) is 22.2 Å². The van der Waals surface area contributed by atoms with Crippen molar-refractivity contribution in [1.82, 2.24) is 10.8 Å². The number of carbonyl (C=O) groups excluding carboxylic acids is 2. The molecule has 3 N–H and O–H groups in total. The third-order valence-electron chi connectivity index (χ3n) is 4.85. The number of nitrogens with one attached hydrogen (secondary N) is 2. The Kier molecular flexibility index (Phi) is 13.4. The summed E-state index contributed by atoms with van der Waals surface area (Å²) in [6.45, 7) is 7.39. The standard InChI is InChI=1S/C22H21NO6.C2H7NO.C2H6/c1-2-11-28-21(26)19(12-20(24)25)23-22(27)29-13-18-16-9-5-3-7-14(16)15-8-4-6-10-17(15)18;1-3-4-2;1-2/h2-10,18-19H,1,11-13H2,(H,23,27)(H,24,25);3H,1-2H3;1-2H3. The first kappa shape index (κ1) is 29.3. The second-order valence-corrected chi connectivity index (χ2v) is 6.95. The summed E-state index contributed by atoms with van der Waals surface area (Å²) in [4.78, 5) is 39.5. The number of benzene rings is 2. The van der Waals surface area contributed by atoms with Crippen molar-refractivity contribution in [3.8, 4) is 11.1 Å². The summed E-state index contributed by atoms with van der Waals surface area (Å²) in [6.07, 6.45) is -0.142. The van der Waals surface area contributed by atoms with Crippen LogP contribution in [-0.4, -0.2) is 56.6 Å². The van der Waals surface area contributed by atoms with E-state index in [1.807, 2.05) is 62.4 Å². The van der Waals surface area contributed by atoms with Gasteiger partial charge in [0.1, 0.15) is 19.3 Å². The topological polar surface area (TPSA) is 123 Å². The number of ether oxygens (including phenoxy) is 2. The van der Waals surface area contributed by atoms with E-state index in [4.69, 9.17) is 14.6 Å². The minimum Gasteiger partial charge on any atom is -0.481 e. The minimum atomic E-state index is -1.34. The van der Waals surface area contributed by atoms with Crippen molar-refractivity contribution in [2.24, 2.45) is 0 Å². The number of carboxylic acid groups (broad SMARTS) is 1. The van der Waals surface area contributed by atoms with Crippen LogP contribution in [0.2, 0.25) is 0 Å². The van der Waals surface area contributed by atoms with Crippen LogP contribution in [-0.2, 0) is 23.9 Å². The summed E-state index contributed by atoms with van der Waals surface area (Å²) in [5.74, 6) is -2.25. The number of amides is 1. The van der Waals surface area contributed by atoms with E-state index in [-0.39, 0.29) is 19.1 Å². The van der Waals surface area contributed by atoms with Crippen LogP contribution in [0, 0.1) is 0 Å². The number of esters is 1. The molecule has 1 aliphatic rings. The fourth-order valence-electron chi connectivity index (χ4n) is 3.39. The molecule has 190 valence electrons. The van der Waals surface area contributed by atoms with Crippen LogP contribution < -0.4 is 10.8 Å². The van der Waals surface area contributed by atoms with Gasteiger partial charge in [0.2, 0.25) is 0 Å². The fraction of sp³-hybridized carbons (Fsp3) is 0.346. The first-order valence-corrected chi connectivity index (χ1v) is 11.2. The van der Waals surface area contributed by atoms with E-state index < -0.39 is 30.5 Å². The Balaban J connectivity index is 0.000000926. The number of alkyl carbamates (subject to hydrolysis) is 1. The van der Waals surface area contributed by atoms with Crippen molar-refractivity contribution in [2.75, 3.05) is 27.4 Å². The number of carboxylic acids is 1. The number of carbonyl (C=O) groups is 3. The number of hydrogen-bond donors (Lipinski definition) is 3. The van der Waals surface area contributed by atoms with Crippen molar-refractivity contribution in [3.63, 3.8) is 0 Å². The van der Waals surface area contributed by atoms with Crippen LogP contribution in [0.5, 0.6) is 0 Å². The molecule has 1 atom stereocenters. The number of aliphatic carboxylic acids is 1. The van der Waals surface area contributed by atoms with E-state index >= 15 is 0 Å². The smallest absolute Gasteiger partial charge is 0.407 e. The number of hydroxylamine groups is 1. The maximum absolute atomic E-state index is 12.2. The van der Waals surface area contributed by atoms with E-state index in [0.29, 0.717) is 0 Å². The highest BCUT2D eigenvalue weighted by Crippen LogP contribution is 2.44. The SMILES string of the molecule is C=CCOC(=O)C(CC(=O)O)NC(=O)OCC1c2ccccc2-c2ccccc21.CC.CNOC. The Labute approximate surface area is 206 Å². The Bertz CT molecular complexity index is 930. The van der Waals surface area contributed by atoms with E-state index in [1.165, 1.54) is 6.08 Å². The third kappa shape index (κ3) is 8.88. The average molecular weight is 487 g/mol. The van der Waals surface area contributed by atoms with Crippen molar-refractivity contribution in [3.05, 3.63) is 72.3 Å². The first-order valence-electron chi connectivity index (χ1n) is 11.2. The minimum absolute atomic E-state index is 0.0569. The molecule has 0 heterocycles. The summed E-state index contributed by atoms with van der Waals surface area (Å²) in [5.41, 5.74) is 6.71. The molecule has 0 aliphatic heterocycles. The van der Waals surface area contributed by atoms with Gasteiger partial charge in [-0.1, -0.05) is 75.0 Å². The summed E-state index contributed by atoms with van der Waals surface area (Å²) >= 11 is 0. The normalized spacial score (nSPS) is 11.8. The van der Waals surface area contributed by atoms with Gasteiger partial charge in [0, 0.05) is 13.0 Å². The summed E-state index contributed by atoms with van der Waals surface area (Å²) in [7, 11) is 3.28. The zero-order valence-corrected chi connectivity index (χ0v) is 20.6. The predicted molar refractivity (Wildman–Crippen MR) is 133 cm³/mol. The predicted octanol–water partition coefficient (Wildman–Crippen LogP) is 3.89. The fourth-order valence-corrected chi connectivity index (χ4v) is 3.39. The molecule has 1 unspecified atom stereocenters. The largest absolute Gasteiger partial charge is 0.481 e. The molecule has 0 radical (unpaired) electrons. The van der Waals surface area contributed by atoms with Gasteiger partial charge >= 0.3 is 18.0 Å². The van der Waals surface area contributed by atoms with Gasteiger partial charge in [-0.15, -0.1) is 0 Å². The van der Waals surface area contributed by atoms with Gasteiger partial charge in [0.05, 0.1) is 13.5 Å². The lowest BCUT2D eigenvalue weighted by molar-refractivity contribution is -0.149. The monoisotopic (exact) mass is 486 g/mol. The Morgan fingerprint density at radius 3 is 2.00 bits per heavy atom. The second kappa shape index (κ2) is 16.0. The third-order valence-corrected chi connectivity index (χ3v) is 4.85. The van der Waals surface area contributed by atoms with Gasteiger partial charge in [-0.3, -0.25) is 4.79 Å². The Hall–Kier alpha value is -3.69. The van der Waals surface area contributed by atoms with Gasteiger partial charge in [0.15, 0.2) is 0 Å². The van der Waals surface area contributed by atoms with E-state index in [9.17, 15) is 14.4 Å². The van der Waals surface area contributed by atoms with Gasteiger partial charge in [-0.2, -0.15) is 0 Å². The lowest BCUT2D eigenvalue weighted by Crippen LogP contribution is -2.43. The molecule has 0 spiro atoms. The van der Waals surface area contributed by atoms with Gasteiger partial charge in [0.25, 0.3) is 0 Å². The van der Waals surface area contributed by atoms with Crippen molar-refractivity contribution in [2.45, 2.75) is 32.2 Å². The molecule has 2 aromatic carbocycles. The zero-order valence-electron chi connectivity index (χ0n) is 20.6. The molecule has 0 saturated carbocycles. The summed E-state index contributed by atoms with van der Waals surface area (Å²) < 4.78 is 10.2. The lowest BCUT2D eigenvalue weighted by Gasteiger charge is -2.18. The average Bonchev–Trinajstić information content (AvgIpc) is 3.20. The molecule has 0 saturated heterocycles. The molecule has 3 rings (SSSR count). The van der Waals surface area contributed by atoms with Crippen LogP contribution in [0.15, 0.2) is 61.2 Å². The van der Waals surface area contributed by atoms with Gasteiger partial charge in [-0.25, -0.2) is 15.1 Å². The van der Waals surface area contributed by atoms with Crippen molar-refractivity contribution in [1.29, 1.82) is 0 Å². The van der Waals surface area contributed by atoms with Gasteiger partial charge < -0.3 is 24.7 Å². The molecule has 9 heteroatoms. The molecule has 9 nitrogen and oxygen atoms in total. The molecule has 1 aliphatic carbocycles. The Morgan fingerprint density at radius 1 is 1.03 bits per heavy atom. The molecule has 0 aromatic heterocycles. The molecule has 35 heavy (non-hydrogen) atoms. The zero-order chi connectivity index (χ0) is 26.2. The van der Waals surface area contributed by atoms with E-state index in [1.54, 1.807) is 14.2 Å².